The van der Waals surface area contributed by atoms with Crippen LogP contribution in [-0.2, 0) is 0 Å². The van der Waals surface area contributed by atoms with Crippen LogP contribution in [0.15, 0.2) is 39.3 Å². The lowest BCUT2D eigenvalue weighted by Gasteiger charge is -2.16. The number of benzene rings is 1. The summed E-state index contributed by atoms with van der Waals surface area (Å²) in [4.78, 5) is 1.21. The third-order valence-electron chi connectivity index (χ3n) is 2.44. The van der Waals surface area contributed by atoms with E-state index in [-0.39, 0.29) is 6.04 Å². The van der Waals surface area contributed by atoms with Gasteiger partial charge in [0.25, 0.3) is 0 Å². The molecule has 1 unspecified atom stereocenters. The zero-order chi connectivity index (χ0) is 12.4. The Morgan fingerprint density at radius 2 is 2.00 bits per heavy atom. The van der Waals surface area contributed by atoms with Crippen LogP contribution in [0.4, 0.5) is 0 Å². The molecule has 1 N–H and O–H groups in total. The summed E-state index contributed by atoms with van der Waals surface area (Å²) >= 11 is 14.6. The van der Waals surface area contributed by atoms with Crippen LogP contribution in [0.1, 0.15) is 16.5 Å². The Bertz CT molecular complexity index is 527. The summed E-state index contributed by atoms with van der Waals surface area (Å²) < 4.78 is 2.96. The lowest BCUT2D eigenvalue weighted by Crippen LogP contribution is -2.16. The quantitative estimate of drug-likeness (QED) is 0.750. The van der Waals surface area contributed by atoms with Crippen LogP contribution in [0.5, 0.6) is 0 Å². The molecule has 0 aliphatic rings. The molecule has 1 aromatic carbocycles. The highest BCUT2D eigenvalue weighted by molar-refractivity contribution is 9.11. The average molecular weight is 396 g/mol. The van der Waals surface area contributed by atoms with Gasteiger partial charge in [0.1, 0.15) is 0 Å². The highest BCUT2D eigenvalue weighted by Gasteiger charge is 2.16. The molecule has 90 valence electrons. The van der Waals surface area contributed by atoms with Gasteiger partial charge in [-0.2, -0.15) is 0 Å². The van der Waals surface area contributed by atoms with Gasteiger partial charge in [-0.25, -0.2) is 0 Å². The summed E-state index contributed by atoms with van der Waals surface area (Å²) in [5, 5.41) is 3.31. The summed E-state index contributed by atoms with van der Waals surface area (Å²) in [7, 11) is 1.95. The predicted octanol–water partition coefficient (Wildman–Crippen LogP) is 5.24. The fourth-order valence-corrected chi connectivity index (χ4v) is 4.14. The van der Waals surface area contributed by atoms with Gasteiger partial charge in [-0.3, -0.25) is 0 Å². The van der Waals surface area contributed by atoms with Crippen LogP contribution >= 0.6 is 54.8 Å². The van der Waals surface area contributed by atoms with E-state index in [9.17, 15) is 0 Å². The van der Waals surface area contributed by atoms with Crippen molar-refractivity contribution in [1.82, 2.24) is 5.32 Å². The van der Waals surface area contributed by atoms with Gasteiger partial charge in [0.15, 0.2) is 0 Å². The molecular formula is C12H10Br2ClNS. The summed E-state index contributed by atoms with van der Waals surface area (Å²) in [6.07, 6.45) is 0. The molecule has 0 aliphatic heterocycles. The van der Waals surface area contributed by atoms with Crippen molar-refractivity contribution in [2.45, 2.75) is 6.04 Å². The molecule has 0 saturated heterocycles. The Morgan fingerprint density at radius 1 is 1.24 bits per heavy atom. The Labute approximate surface area is 126 Å². The van der Waals surface area contributed by atoms with Crippen molar-refractivity contribution in [3.05, 3.63) is 54.1 Å². The monoisotopic (exact) mass is 393 g/mol. The molecule has 1 heterocycles. The summed E-state index contributed by atoms with van der Waals surface area (Å²) in [6, 6.07) is 10.3. The van der Waals surface area contributed by atoms with Crippen LogP contribution in [0.3, 0.4) is 0 Å². The van der Waals surface area contributed by atoms with E-state index in [0.29, 0.717) is 0 Å². The number of nitrogens with one attached hydrogen (secondary N) is 1. The van der Waals surface area contributed by atoms with Gasteiger partial charge in [0, 0.05) is 13.8 Å². The summed E-state index contributed by atoms with van der Waals surface area (Å²) in [5.74, 6) is 0. The van der Waals surface area contributed by atoms with E-state index in [2.05, 4.69) is 55.4 Å². The molecule has 0 amide bonds. The SMILES string of the molecule is CNC(c1ccc(Cl)s1)c1ccc(Br)cc1Br. The third kappa shape index (κ3) is 3.12. The first-order valence-electron chi connectivity index (χ1n) is 4.99. The first-order valence-corrected chi connectivity index (χ1v) is 7.77. The van der Waals surface area contributed by atoms with Gasteiger partial charge >= 0.3 is 0 Å². The van der Waals surface area contributed by atoms with Crippen molar-refractivity contribution in [2.75, 3.05) is 7.05 Å². The van der Waals surface area contributed by atoms with Gasteiger partial charge in [-0.15, -0.1) is 11.3 Å². The van der Waals surface area contributed by atoms with Gasteiger partial charge in [-0.05, 0) is 36.9 Å². The van der Waals surface area contributed by atoms with Crippen molar-refractivity contribution in [2.24, 2.45) is 0 Å². The molecule has 0 radical (unpaired) electrons. The second-order valence-corrected chi connectivity index (χ2v) is 7.05. The molecule has 0 saturated carbocycles. The predicted molar refractivity (Wildman–Crippen MR) is 82.1 cm³/mol. The molecular weight excluding hydrogens is 385 g/mol. The van der Waals surface area contributed by atoms with Crippen LogP contribution in [0.2, 0.25) is 4.34 Å². The Hall–Kier alpha value is 0.130. The van der Waals surface area contributed by atoms with Crippen LogP contribution in [0.25, 0.3) is 0 Å². The zero-order valence-corrected chi connectivity index (χ0v) is 13.8. The molecule has 1 atom stereocenters. The first kappa shape index (κ1) is 13.6. The molecule has 0 fully saturated rings. The number of halogens is 3. The molecule has 17 heavy (non-hydrogen) atoms. The van der Waals surface area contributed by atoms with Crippen LogP contribution < -0.4 is 5.32 Å². The lowest BCUT2D eigenvalue weighted by atomic mass is 10.1. The molecule has 2 aromatic rings. The van der Waals surface area contributed by atoms with E-state index in [4.69, 9.17) is 11.6 Å². The molecule has 0 spiro atoms. The molecule has 1 aromatic heterocycles. The van der Waals surface area contributed by atoms with Gasteiger partial charge in [0.05, 0.1) is 10.4 Å². The minimum absolute atomic E-state index is 0.162. The number of thiophene rings is 1. The van der Waals surface area contributed by atoms with E-state index < -0.39 is 0 Å². The molecule has 1 nitrogen and oxygen atoms in total. The zero-order valence-electron chi connectivity index (χ0n) is 9.01. The van der Waals surface area contributed by atoms with E-state index in [1.807, 2.05) is 19.2 Å². The van der Waals surface area contributed by atoms with Crippen molar-refractivity contribution in [3.63, 3.8) is 0 Å². The maximum absolute atomic E-state index is 5.99. The third-order valence-corrected chi connectivity index (χ3v) is 4.92. The molecule has 0 aliphatic carbocycles. The fraction of sp³-hybridized carbons (Fsp3) is 0.167. The van der Waals surface area contributed by atoms with E-state index in [1.165, 1.54) is 10.4 Å². The summed E-state index contributed by atoms with van der Waals surface area (Å²) in [5.41, 5.74) is 1.20. The summed E-state index contributed by atoms with van der Waals surface area (Å²) in [6.45, 7) is 0. The smallest absolute Gasteiger partial charge is 0.0931 e. The largest absolute Gasteiger partial charge is 0.309 e. The number of rotatable bonds is 3. The van der Waals surface area contributed by atoms with E-state index in [0.717, 1.165) is 13.3 Å². The van der Waals surface area contributed by atoms with Crippen molar-refractivity contribution in [3.8, 4) is 0 Å². The van der Waals surface area contributed by atoms with E-state index in [1.54, 1.807) is 11.3 Å². The topological polar surface area (TPSA) is 12.0 Å². The van der Waals surface area contributed by atoms with Gasteiger partial charge in [-0.1, -0.05) is 49.5 Å². The highest BCUT2D eigenvalue weighted by Crippen LogP contribution is 2.35. The van der Waals surface area contributed by atoms with Crippen LogP contribution in [-0.4, -0.2) is 7.05 Å². The molecule has 2 rings (SSSR count). The number of hydrogen-bond acceptors (Lipinski definition) is 2. The molecule has 0 bridgehead atoms. The standard InChI is InChI=1S/C12H10Br2ClNS/c1-16-12(10-4-5-11(15)17-10)8-3-2-7(13)6-9(8)14/h2-6,12,16H,1H3. The molecule has 5 heteroatoms. The number of hydrogen-bond donors (Lipinski definition) is 1. The van der Waals surface area contributed by atoms with Crippen LogP contribution in [0, 0.1) is 0 Å². The minimum Gasteiger partial charge on any atom is -0.309 e. The van der Waals surface area contributed by atoms with Crippen molar-refractivity contribution >= 4 is 54.8 Å². The van der Waals surface area contributed by atoms with Gasteiger partial charge < -0.3 is 5.32 Å². The normalized spacial score (nSPS) is 12.7. The van der Waals surface area contributed by atoms with Crippen molar-refractivity contribution < 1.29 is 0 Å². The average Bonchev–Trinajstić information content (AvgIpc) is 2.69. The minimum atomic E-state index is 0.162. The maximum Gasteiger partial charge on any atom is 0.0931 e. The maximum atomic E-state index is 5.99. The fourth-order valence-electron chi connectivity index (χ4n) is 1.67. The van der Waals surface area contributed by atoms with E-state index >= 15 is 0 Å². The second kappa shape index (κ2) is 5.85. The lowest BCUT2D eigenvalue weighted by molar-refractivity contribution is 0.701. The Morgan fingerprint density at radius 3 is 2.53 bits per heavy atom. The Balaban J connectivity index is 2.42. The highest BCUT2D eigenvalue weighted by atomic mass is 79.9. The van der Waals surface area contributed by atoms with Crippen molar-refractivity contribution in [1.29, 1.82) is 0 Å². The first-order chi connectivity index (χ1) is 8.11. The van der Waals surface area contributed by atoms with Gasteiger partial charge in [0.2, 0.25) is 0 Å². The Kier molecular flexibility index (Phi) is 4.66. The second-order valence-electron chi connectivity index (χ2n) is 3.53.